The molecule has 2 aromatic heterocycles. The average molecular weight is 485 g/mol. The summed E-state index contributed by atoms with van der Waals surface area (Å²) in [6, 6.07) is 16.4. The number of Topliss-reactive ketones (excluding diaryl/α,β-unsaturated/α-hetero) is 1. The molecule has 2 aliphatic rings. The quantitative estimate of drug-likeness (QED) is 0.330. The maximum atomic E-state index is 11.9. The van der Waals surface area contributed by atoms with E-state index in [2.05, 4.69) is 56.3 Å². The second-order valence-electron chi connectivity index (χ2n) is 9.09. The first-order valence-electron chi connectivity index (χ1n) is 12.2. The van der Waals surface area contributed by atoms with Crippen LogP contribution in [0.25, 0.3) is 17.2 Å². The lowest BCUT2D eigenvalue weighted by atomic mass is 9.91. The third kappa shape index (κ3) is 6.03. The molecule has 178 valence electrons. The van der Waals surface area contributed by atoms with Crippen molar-refractivity contribution in [2.24, 2.45) is 5.92 Å². The van der Waals surface area contributed by atoms with E-state index in [9.17, 15) is 9.59 Å². The van der Waals surface area contributed by atoms with Gasteiger partial charge in [0.2, 0.25) is 11.1 Å². The molecule has 3 aromatic rings. The number of anilines is 1. The van der Waals surface area contributed by atoms with Gasteiger partial charge in [-0.25, -0.2) is 9.97 Å². The summed E-state index contributed by atoms with van der Waals surface area (Å²) < 4.78 is 0. The van der Waals surface area contributed by atoms with Gasteiger partial charge in [0.05, 0.1) is 17.0 Å². The maximum absolute atomic E-state index is 11.9. The first-order chi connectivity index (χ1) is 17.1. The highest BCUT2D eigenvalue weighted by Crippen LogP contribution is 2.31. The number of nitrogens with zero attached hydrogens (tertiary/aromatic N) is 4. The fourth-order valence-electron chi connectivity index (χ4n) is 4.64. The number of ketones is 1. The minimum absolute atomic E-state index is 0.0169. The van der Waals surface area contributed by atoms with Gasteiger partial charge >= 0.3 is 0 Å². The molecular formula is C28H28N4O2S. The van der Waals surface area contributed by atoms with Crippen LogP contribution < -0.4 is 4.90 Å². The van der Waals surface area contributed by atoms with Crippen LogP contribution in [0.5, 0.6) is 0 Å². The molecule has 0 N–H and O–H groups in total. The monoisotopic (exact) mass is 484 g/mol. The smallest absolute Gasteiger partial charge is 0.225 e. The van der Waals surface area contributed by atoms with Gasteiger partial charge in [0.25, 0.3) is 0 Å². The summed E-state index contributed by atoms with van der Waals surface area (Å²) in [7, 11) is 0. The summed E-state index contributed by atoms with van der Waals surface area (Å²) in [6.07, 6.45) is 11.0. The van der Waals surface area contributed by atoms with E-state index < -0.39 is 0 Å². The molecule has 0 atom stereocenters. The van der Waals surface area contributed by atoms with Crippen LogP contribution in [-0.2, 0) is 16.0 Å². The van der Waals surface area contributed by atoms with E-state index in [1.807, 2.05) is 12.3 Å². The van der Waals surface area contributed by atoms with Crippen LogP contribution in [0, 0.1) is 5.92 Å². The van der Waals surface area contributed by atoms with E-state index >= 15 is 0 Å². The summed E-state index contributed by atoms with van der Waals surface area (Å²) >= 11 is 1.01. The van der Waals surface area contributed by atoms with Crippen LogP contribution in [0.1, 0.15) is 43.5 Å². The number of carbonyl (C=O) groups excluding carboxylic acids is 2. The minimum Gasteiger partial charge on any atom is -0.341 e. The zero-order valence-electron chi connectivity index (χ0n) is 19.6. The normalized spacial score (nSPS) is 17.9. The van der Waals surface area contributed by atoms with Crippen LogP contribution in [-0.4, -0.2) is 38.9 Å². The second kappa shape index (κ2) is 11.0. The molecule has 5 rings (SSSR count). The number of hydrogen-bond donors (Lipinski definition) is 0. The number of thioether (sulfide) groups is 1. The molecule has 2 fully saturated rings. The first-order valence-corrected chi connectivity index (χ1v) is 13.0. The molecule has 6 nitrogen and oxygen atoms in total. The molecule has 0 amide bonds. The highest BCUT2D eigenvalue weighted by Gasteiger charge is 2.26. The van der Waals surface area contributed by atoms with E-state index in [4.69, 9.17) is 0 Å². The van der Waals surface area contributed by atoms with Crippen LogP contribution in [0.15, 0.2) is 65.8 Å². The second-order valence-corrected chi connectivity index (χ2v) is 10.2. The van der Waals surface area contributed by atoms with E-state index in [1.54, 1.807) is 18.3 Å². The highest BCUT2D eigenvalue weighted by atomic mass is 32.2. The van der Waals surface area contributed by atoms with Crippen molar-refractivity contribution < 1.29 is 9.59 Å². The van der Waals surface area contributed by atoms with E-state index in [0.29, 0.717) is 22.5 Å². The van der Waals surface area contributed by atoms with Gasteiger partial charge in [-0.2, -0.15) is 0 Å². The van der Waals surface area contributed by atoms with Gasteiger partial charge in [-0.05, 0) is 73.6 Å². The highest BCUT2D eigenvalue weighted by molar-refractivity contribution is 8.18. The van der Waals surface area contributed by atoms with Gasteiger partial charge in [-0.3, -0.25) is 14.6 Å². The number of aromatic nitrogens is 3. The zero-order chi connectivity index (χ0) is 24.0. The Kier molecular flexibility index (Phi) is 7.33. The summed E-state index contributed by atoms with van der Waals surface area (Å²) in [5, 5.41) is -0.0995. The Bertz CT molecular complexity index is 1220. The van der Waals surface area contributed by atoms with Crippen molar-refractivity contribution in [1.82, 2.24) is 15.0 Å². The Labute approximate surface area is 209 Å². The van der Waals surface area contributed by atoms with Crippen LogP contribution in [0.2, 0.25) is 0 Å². The minimum atomic E-state index is -0.122. The van der Waals surface area contributed by atoms with Gasteiger partial charge in [0.15, 0.2) is 5.78 Å². The number of allylic oxidation sites excluding steroid dienone is 1. The molecule has 2 aliphatic heterocycles. The summed E-state index contributed by atoms with van der Waals surface area (Å²) in [5.41, 5.74) is 4.19. The lowest BCUT2D eigenvalue weighted by Crippen LogP contribution is -2.35. The topological polar surface area (TPSA) is 76.1 Å². The van der Waals surface area contributed by atoms with Gasteiger partial charge in [0.1, 0.15) is 0 Å². The van der Waals surface area contributed by atoms with Gasteiger partial charge in [-0.1, -0.05) is 36.4 Å². The van der Waals surface area contributed by atoms with Gasteiger partial charge in [-0.15, -0.1) is 0 Å². The Hall–Kier alpha value is -3.32. The van der Waals surface area contributed by atoms with Gasteiger partial charge in [0, 0.05) is 36.7 Å². The molecular weight excluding hydrogens is 456 g/mol. The molecule has 1 aromatic carbocycles. The Morgan fingerprint density at radius 2 is 1.80 bits per heavy atom. The molecule has 0 aliphatic carbocycles. The fourth-order valence-corrected chi connectivity index (χ4v) is 5.45. The Balaban J connectivity index is 1.09. The Morgan fingerprint density at radius 3 is 2.51 bits per heavy atom. The lowest BCUT2D eigenvalue weighted by Gasteiger charge is -2.32. The summed E-state index contributed by atoms with van der Waals surface area (Å²) in [6.45, 7) is 1.86. The van der Waals surface area contributed by atoms with Crippen molar-refractivity contribution in [3.63, 3.8) is 0 Å². The van der Waals surface area contributed by atoms with Crippen molar-refractivity contribution in [3.8, 4) is 11.1 Å². The predicted octanol–water partition coefficient (Wildman–Crippen LogP) is 5.35. The van der Waals surface area contributed by atoms with Crippen LogP contribution in [0.4, 0.5) is 5.95 Å². The zero-order valence-corrected chi connectivity index (χ0v) is 20.4. The van der Waals surface area contributed by atoms with Gasteiger partial charge < -0.3 is 4.90 Å². The number of piperidine rings is 1. The molecule has 4 heterocycles. The third-order valence-corrected chi connectivity index (χ3v) is 7.56. The lowest BCUT2D eigenvalue weighted by molar-refractivity contribution is -0.119. The van der Waals surface area contributed by atoms with E-state index in [1.165, 1.54) is 12.0 Å². The molecule has 0 unspecified atom stereocenters. The summed E-state index contributed by atoms with van der Waals surface area (Å²) in [5.74, 6) is 1.28. The van der Waals surface area contributed by atoms with E-state index in [0.717, 1.165) is 61.8 Å². The average Bonchev–Trinajstić information content (AvgIpc) is 3.21. The third-order valence-electron chi connectivity index (χ3n) is 6.62. The molecule has 7 heteroatoms. The number of hydrogen-bond acceptors (Lipinski definition) is 7. The van der Waals surface area contributed by atoms with Crippen LogP contribution in [0.3, 0.4) is 0 Å². The largest absolute Gasteiger partial charge is 0.341 e. The maximum Gasteiger partial charge on any atom is 0.225 e. The van der Waals surface area contributed by atoms with Crippen molar-refractivity contribution in [1.29, 1.82) is 0 Å². The van der Waals surface area contributed by atoms with Crippen molar-refractivity contribution in [2.75, 3.05) is 18.0 Å². The first kappa shape index (κ1) is 23.4. The summed E-state index contributed by atoms with van der Waals surface area (Å²) in [4.78, 5) is 39.8. The molecule has 35 heavy (non-hydrogen) atoms. The molecule has 0 radical (unpaired) electrons. The number of pyridine rings is 1. The fraction of sp³-hybridized carbons (Fsp3) is 0.321. The number of carbonyl (C=O) groups is 2. The molecule has 0 spiro atoms. The molecule has 0 bridgehead atoms. The SMILES string of the molecule is O=C1CC(=O)/C(=C/c2ccnc(N3CCC(CCCc4ccc(-c5ccccc5)cn4)CC3)n2)S1. The van der Waals surface area contributed by atoms with E-state index in [-0.39, 0.29) is 17.3 Å². The molecule has 2 saturated heterocycles. The van der Waals surface area contributed by atoms with Crippen LogP contribution >= 0.6 is 11.8 Å². The molecule has 0 saturated carbocycles. The van der Waals surface area contributed by atoms with Crippen molar-refractivity contribution in [3.05, 3.63) is 77.2 Å². The van der Waals surface area contributed by atoms with Crippen molar-refractivity contribution in [2.45, 2.75) is 38.5 Å². The Morgan fingerprint density at radius 1 is 0.971 bits per heavy atom. The number of rotatable bonds is 7. The number of benzene rings is 1. The standard InChI is InChI=1S/C28H28N4O2S/c33-25-18-27(34)35-26(25)17-24-11-14-29-28(31-24)32-15-12-20(13-16-32)5-4-8-23-10-9-22(19-30-23)21-6-2-1-3-7-21/h1-3,6-7,9-11,14,17,19-20H,4-5,8,12-13,15-16,18H2/b26-17-. The van der Waals surface area contributed by atoms with Crippen molar-refractivity contribution >= 4 is 34.7 Å². The predicted molar refractivity (Wildman–Crippen MR) is 140 cm³/mol. The number of aryl methyl sites for hydroxylation is 1.